The average Bonchev–Trinajstić information content (AvgIpc) is 2.48. The highest BCUT2D eigenvalue weighted by Gasteiger charge is 2.12. The van der Waals surface area contributed by atoms with Gasteiger partial charge in [-0.1, -0.05) is 24.3 Å². The molecule has 2 rings (SSSR count). The summed E-state index contributed by atoms with van der Waals surface area (Å²) < 4.78 is 19.1. The Morgan fingerprint density at radius 3 is 2.43 bits per heavy atom. The summed E-state index contributed by atoms with van der Waals surface area (Å²) in [5.74, 6) is 0.592. The van der Waals surface area contributed by atoms with Crippen molar-refractivity contribution in [1.82, 2.24) is 0 Å². The number of nitrogens with two attached hydrogens (primary N) is 1. The first-order chi connectivity index (χ1) is 10.1. The van der Waals surface area contributed by atoms with Crippen molar-refractivity contribution in [3.05, 3.63) is 59.9 Å². The molecule has 21 heavy (non-hydrogen) atoms. The first-order valence-corrected chi connectivity index (χ1v) is 7.05. The second-order valence-electron chi connectivity index (χ2n) is 4.94. The Bertz CT molecular complexity index is 571. The van der Waals surface area contributed by atoms with Crippen LogP contribution in [-0.4, -0.2) is 20.2 Å². The molecule has 0 saturated carbocycles. The average molecular weight is 288 g/mol. The van der Waals surface area contributed by atoms with Gasteiger partial charge in [0.15, 0.2) is 0 Å². The van der Waals surface area contributed by atoms with Crippen LogP contribution in [0, 0.1) is 5.82 Å². The maximum Gasteiger partial charge on any atom is 0.146 e. The van der Waals surface area contributed by atoms with Gasteiger partial charge < -0.3 is 15.4 Å². The molecule has 2 aromatic carbocycles. The molecule has 0 aliphatic heterocycles. The zero-order valence-corrected chi connectivity index (χ0v) is 12.4. The van der Waals surface area contributed by atoms with Crippen LogP contribution < -0.4 is 15.4 Å². The predicted octanol–water partition coefficient (Wildman–Crippen LogP) is 3.36. The van der Waals surface area contributed by atoms with Crippen molar-refractivity contribution < 1.29 is 9.13 Å². The van der Waals surface area contributed by atoms with E-state index < -0.39 is 0 Å². The molecule has 0 aromatic heterocycles. The fourth-order valence-corrected chi connectivity index (χ4v) is 2.24. The van der Waals surface area contributed by atoms with Gasteiger partial charge in [-0.05, 0) is 36.8 Å². The van der Waals surface area contributed by atoms with E-state index >= 15 is 0 Å². The van der Waals surface area contributed by atoms with Crippen molar-refractivity contribution in [2.45, 2.75) is 13.0 Å². The second kappa shape index (κ2) is 7.09. The quantitative estimate of drug-likeness (QED) is 0.886. The van der Waals surface area contributed by atoms with Gasteiger partial charge in [0, 0.05) is 19.6 Å². The van der Waals surface area contributed by atoms with Crippen LogP contribution >= 0.6 is 0 Å². The van der Waals surface area contributed by atoms with Crippen LogP contribution in [0.2, 0.25) is 0 Å². The number of rotatable bonds is 6. The van der Waals surface area contributed by atoms with Gasteiger partial charge in [0.25, 0.3) is 0 Å². The van der Waals surface area contributed by atoms with E-state index in [1.54, 1.807) is 12.1 Å². The molecule has 0 amide bonds. The number of benzene rings is 2. The van der Waals surface area contributed by atoms with Crippen LogP contribution in [0.4, 0.5) is 10.1 Å². The van der Waals surface area contributed by atoms with Gasteiger partial charge in [0.2, 0.25) is 0 Å². The van der Waals surface area contributed by atoms with Crippen molar-refractivity contribution in [3.63, 3.8) is 0 Å². The summed E-state index contributed by atoms with van der Waals surface area (Å²) in [6.45, 7) is 3.12. The van der Waals surface area contributed by atoms with Crippen LogP contribution in [0.15, 0.2) is 48.5 Å². The monoisotopic (exact) mass is 288 g/mol. The topological polar surface area (TPSA) is 38.5 Å². The Morgan fingerprint density at radius 1 is 1.14 bits per heavy atom. The molecule has 0 saturated heterocycles. The van der Waals surface area contributed by atoms with Crippen molar-refractivity contribution in [3.8, 4) is 5.75 Å². The number of para-hydroxylation sites is 1. The van der Waals surface area contributed by atoms with E-state index in [1.807, 2.05) is 49.2 Å². The molecule has 2 aromatic rings. The summed E-state index contributed by atoms with van der Waals surface area (Å²) in [6.07, 6.45) is 0. The number of nitrogens with zero attached hydrogens (tertiary/aromatic N) is 1. The number of ether oxygens (including phenoxy) is 1. The summed E-state index contributed by atoms with van der Waals surface area (Å²) in [5.41, 5.74) is 7.76. The first-order valence-electron chi connectivity index (χ1n) is 7.05. The molecule has 112 valence electrons. The largest absolute Gasteiger partial charge is 0.494 e. The summed E-state index contributed by atoms with van der Waals surface area (Å²) in [5, 5.41) is 0. The number of anilines is 1. The predicted molar refractivity (Wildman–Crippen MR) is 84.2 cm³/mol. The molecule has 0 bridgehead atoms. The molecule has 3 nitrogen and oxygen atoms in total. The summed E-state index contributed by atoms with van der Waals surface area (Å²) in [7, 11) is 1.84. The van der Waals surface area contributed by atoms with E-state index in [2.05, 4.69) is 0 Å². The SMILES string of the molecule is CCOc1ccc(C(N)CN(C)c2ccccc2F)cc1. The summed E-state index contributed by atoms with van der Waals surface area (Å²) in [4.78, 5) is 1.83. The van der Waals surface area contributed by atoms with E-state index in [4.69, 9.17) is 10.5 Å². The minimum atomic E-state index is -0.237. The molecular formula is C17H21FN2O. The minimum Gasteiger partial charge on any atom is -0.494 e. The number of hydrogen-bond acceptors (Lipinski definition) is 3. The van der Waals surface area contributed by atoms with Crippen LogP contribution in [0.3, 0.4) is 0 Å². The van der Waals surface area contributed by atoms with E-state index in [9.17, 15) is 4.39 Å². The molecule has 0 radical (unpaired) electrons. The minimum absolute atomic E-state index is 0.190. The lowest BCUT2D eigenvalue weighted by Gasteiger charge is -2.24. The third kappa shape index (κ3) is 3.95. The highest BCUT2D eigenvalue weighted by Crippen LogP contribution is 2.21. The Balaban J connectivity index is 2.03. The second-order valence-corrected chi connectivity index (χ2v) is 4.94. The molecule has 0 fully saturated rings. The Labute approximate surface area is 125 Å². The Kier molecular flexibility index (Phi) is 5.17. The molecule has 1 atom stereocenters. The van der Waals surface area contributed by atoms with Crippen LogP contribution in [0.25, 0.3) is 0 Å². The van der Waals surface area contributed by atoms with E-state index in [0.717, 1.165) is 11.3 Å². The van der Waals surface area contributed by atoms with Crippen molar-refractivity contribution >= 4 is 5.69 Å². The molecule has 1 unspecified atom stereocenters. The van der Waals surface area contributed by atoms with Gasteiger partial charge in [-0.2, -0.15) is 0 Å². The van der Waals surface area contributed by atoms with E-state index in [1.165, 1.54) is 6.07 Å². The molecular weight excluding hydrogens is 267 g/mol. The van der Waals surface area contributed by atoms with Crippen LogP contribution in [-0.2, 0) is 0 Å². The first kappa shape index (κ1) is 15.3. The Morgan fingerprint density at radius 2 is 1.81 bits per heavy atom. The lowest BCUT2D eigenvalue weighted by Crippen LogP contribution is -2.29. The molecule has 2 N–H and O–H groups in total. The normalized spacial score (nSPS) is 12.0. The zero-order chi connectivity index (χ0) is 15.2. The maximum atomic E-state index is 13.7. The number of likely N-dealkylation sites (N-methyl/N-ethyl adjacent to an activating group) is 1. The van der Waals surface area contributed by atoms with Gasteiger partial charge in [-0.15, -0.1) is 0 Å². The fourth-order valence-electron chi connectivity index (χ4n) is 2.24. The molecule has 0 spiro atoms. The molecule has 4 heteroatoms. The summed E-state index contributed by atoms with van der Waals surface area (Å²) in [6, 6.07) is 14.2. The van der Waals surface area contributed by atoms with Crippen LogP contribution in [0.5, 0.6) is 5.75 Å². The van der Waals surface area contributed by atoms with Crippen molar-refractivity contribution in [1.29, 1.82) is 0 Å². The Hall–Kier alpha value is -2.07. The smallest absolute Gasteiger partial charge is 0.146 e. The number of halogens is 1. The van der Waals surface area contributed by atoms with Gasteiger partial charge >= 0.3 is 0 Å². The molecule has 0 aliphatic rings. The fraction of sp³-hybridized carbons (Fsp3) is 0.294. The standard InChI is InChI=1S/C17H21FN2O/c1-3-21-14-10-8-13(9-11-14)16(19)12-20(2)17-7-5-4-6-15(17)18/h4-11,16H,3,12,19H2,1-2H3. The van der Waals surface area contributed by atoms with Crippen molar-refractivity contribution in [2.75, 3.05) is 25.1 Å². The van der Waals surface area contributed by atoms with Crippen LogP contribution in [0.1, 0.15) is 18.5 Å². The lowest BCUT2D eigenvalue weighted by molar-refractivity contribution is 0.340. The number of hydrogen-bond donors (Lipinski definition) is 1. The van der Waals surface area contributed by atoms with E-state index in [-0.39, 0.29) is 11.9 Å². The maximum absolute atomic E-state index is 13.7. The highest BCUT2D eigenvalue weighted by atomic mass is 19.1. The van der Waals surface area contributed by atoms with Gasteiger partial charge in [0.05, 0.1) is 12.3 Å². The third-order valence-electron chi connectivity index (χ3n) is 3.35. The third-order valence-corrected chi connectivity index (χ3v) is 3.35. The van der Waals surface area contributed by atoms with Gasteiger partial charge in [-0.25, -0.2) is 4.39 Å². The molecule has 0 heterocycles. The summed E-state index contributed by atoms with van der Waals surface area (Å²) >= 11 is 0. The van der Waals surface area contributed by atoms with E-state index in [0.29, 0.717) is 18.8 Å². The zero-order valence-electron chi connectivity index (χ0n) is 12.4. The lowest BCUT2D eigenvalue weighted by atomic mass is 10.1. The molecule has 0 aliphatic carbocycles. The van der Waals surface area contributed by atoms with Gasteiger partial charge in [0.1, 0.15) is 11.6 Å². The van der Waals surface area contributed by atoms with Crippen molar-refractivity contribution in [2.24, 2.45) is 5.73 Å². The van der Waals surface area contributed by atoms with Gasteiger partial charge in [-0.3, -0.25) is 0 Å². The highest BCUT2D eigenvalue weighted by molar-refractivity contribution is 5.47.